The fourth-order valence-electron chi connectivity index (χ4n) is 4.78. The van der Waals surface area contributed by atoms with E-state index in [0.29, 0.717) is 34.2 Å². The third kappa shape index (κ3) is 2.88. The van der Waals surface area contributed by atoms with E-state index in [-0.39, 0.29) is 11.6 Å². The van der Waals surface area contributed by atoms with Crippen LogP contribution in [0.15, 0.2) is 47.7 Å². The molecule has 1 fully saturated rings. The van der Waals surface area contributed by atoms with Crippen molar-refractivity contribution < 1.29 is 4.74 Å². The second-order valence-corrected chi connectivity index (χ2v) is 8.29. The van der Waals surface area contributed by atoms with E-state index in [1.807, 2.05) is 41.1 Å². The highest BCUT2D eigenvalue weighted by atomic mass is 16.5. The fraction of sp³-hybridized carbons (Fsp3) is 0.391. The molecule has 0 saturated heterocycles. The molecule has 5 rings (SSSR count). The smallest absolute Gasteiger partial charge is 0.262 e. The van der Waals surface area contributed by atoms with Gasteiger partial charge in [-0.15, -0.1) is 0 Å². The highest BCUT2D eigenvalue weighted by Gasteiger charge is 2.30. The van der Waals surface area contributed by atoms with Crippen LogP contribution in [0.5, 0.6) is 5.75 Å². The molecular formula is C23H25N5O2. The van der Waals surface area contributed by atoms with Gasteiger partial charge in [-0.25, -0.2) is 4.98 Å². The monoisotopic (exact) mass is 403 g/mol. The van der Waals surface area contributed by atoms with Gasteiger partial charge in [-0.2, -0.15) is 14.6 Å². The van der Waals surface area contributed by atoms with Crippen molar-refractivity contribution in [2.45, 2.75) is 39.2 Å². The molecule has 0 unspecified atom stereocenters. The number of fused-ring (bicyclic) bond motifs is 2. The van der Waals surface area contributed by atoms with Gasteiger partial charge in [-0.1, -0.05) is 38.8 Å². The van der Waals surface area contributed by atoms with E-state index >= 15 is 0 Å². The maximum absolute atomic E-state index is 13.8. The lowest BCUT2D eigenvalue weighted by Gasteiger charge is -2.35. The van der Waals surface area contributed by atoms with Gasteiger partial charge >= 0.3 is 0 Å². The first kappa shape index (κ1) is 18.8. The van der Waals surface area contributed by atoms with Crippen molar-refractivity contribution in [1.29, 1.82) is 0 Å². The van der Waals surface area contributed by atoms with Crippen LogP contribution in [0.25, 0.3) is 27.9 Å². The van der Waals surface area contributed by atoms with Crippen LogP contribution in [0, 0.1) is 11.8 Å². The first-order valence-corrected chi connectivity index (χ1v) is 10.5. The lowest BCUT2D eigenvalue weighted by molar-refractivity contribution is 0.183. The Morgan fingerprint density at radius 1 is 1.17 bits per heavy atom. The van der Waals surface area contributed by atoms with Crippen molar-refractivity contribution in [3.8, 4) is 17.0 Å². The number of aromatic nitrogens is 5. The average molecular weight is 403 g/mol. The van der Waals surface area contributed by atoms with Gasteiger partial charge in [0.2, 0.25) is 0 Å². The van der Waals surface area contributed by atoms with Crippen molar-refractivity contribution in [1.82, 2.24) is 24.1 Å². The molecule has 3 heterocycles. The molecule has 3 aromatic heterocycles. The molecule has 4 aromatic rings. The Kier molecular flexibility index (Phi) is 4.53. The Bertz CT molecular complexity index is 1290. The third-order valence-corrected chi connectivity index (χ3v) is 6.66. The lowest BCUT2D eigenvalue weighted by atomic mass is 9.78. The van der Waals surface area contributed by atoms with Crippen LogP contribution < -0.4 is 10.3 Å². The number of pyridine rings is 1. The molecule has 7 heteroatoms. The van der Waals surface area contributed by atoms with Crippen LogP contribution in [0.2, 0.25) is 0 Å². The zero-order valence-corrected chi connectivity index (χ0v) is 17.4. The molecular weight excluding hydrogens is 378 g/mol. The van der Waals surface area contributed by atoms with Crippen molar-refractivity contribution in [2.24, 2.45) is 11.8 Å². The minimum absolute atomic E-state index is 0.0267. The third-order valence-electron chi connectivity index (χ3n) is 6.66. The van der Waals surface area contributed by atoms with E-state index in [2.05, 4.69) is 28.9 Å². The molecule has 0 bridgehead atoms. The predicted octanol–water partition coefficient (Wildman–Crippen LogP) is 4.11. The van der Waals surface area contributed by atoms with E-state index in [0.717, 1.165) is 24.2 Å². The van der Waals surface area contributed by atoms with Gasteiger partial charge in [0.25, 0.3) is 11.3 Å². The van der Waals surface area contributed by atoms with E-state index < -0.39 is 0 Å². The summed E-state index contributed by atoms with van der Waals surface area (Å²) in [6.07, 6.45) is 6.75. The summed E-state index contributed by atoms with van der Waals surface area (Å²) >= 11 is 0. The Labute approximate surface area is 174 Å². The molecule has 154 valence electrons. The van der Waals surface area contributed by atoms with Crippen LogP contribution in [0.4, 0.5) is 0 Å². The summed E-state index contributed by atoms with van der Waals surface area (Å²) in [6, 6.07) is 9.79. The van der Waals surface area contributed by atoms with Gasteiger partial charge in [-0.3, -0.25) is 4.79 Å². The normalized spacial score (nSPS) is 21.9. The minimum atomic E-state index is -0.0267. The largest absolute Gasteiger partial charge is 0.497 e. The summed E-state index contributed by atoms with van der Waals surface area (Å²) in [4.78, 5) is 22.7. The number of ether oxygens (including phenoxy) is 1. The van der Waals surface area contributed by atoms with Gasteiger partial charge in [0.05, 0.1) is 23.7 Å². The van der Waals surface area contributed by atoms with Crippen molar-refractivity contribution >= 4 is 16.7 Å². The standard InChI is InChI=1S/C23H25N5O2/c1-14-6-4-9-19(15(14)2)27-11-10-18-20(22(27)29)21(28-23(26-18)24-13-25-28)16-7-5-8-17(12-16)30-3/h5,7-8,10-15,19H,4,6,9H2,1-3H3/t14-,15-,19-/m1/s1. The number of hydrogen-bond donors (Lipinski definition) is 0. The summed E-state index contributed by atoms with van der Waals surface area (Å²) < 4.78 is 8.97. The molecule has 0 N–H and O–H groups in total. The molecule has 0 spiro atoms. The number of hydrogen-bond acceptors (Lipinski definition) is 5. The zero-order chi connectivity index (χ0) is 20.8. The van der Waals surface area contributed by atoms with Crippen LogP contribution >= 0.6 is 0 Å². The molecule has 1 aliphatic carbocycles. The number of methoxy groups -OCH3 is 1. The van der Waals surface area contributed by atoms with E-state index in [9.17, 15) is 4.79 Å². The van der Waals surface area contributed by atoms with E-state index in [1.165, 1.54) is 12.7 Å². The molecule has 0 amide bonds. The maximum atomic E-state index is 13.8. The quantitative estimate of drug-likeness (QED) is 0.515. The summed E-state index contributed by atoms with van der Waals surface area (Å²) in [5.41, 5.74) is 2.15. The molecule has 0 radical (unpaired) electrons. The molecule has 3 atom stereocenters. The second-order valence-electron chi connectivity index (χ2n) is 8.29. The fourth-order valence-corrected chi connectivity index (χ4v) is 4.78. The molecule has 1 aromatic carbocycles. The Morgan fingerprint density at radius 3 is 2.87 bits per heavy atom. The van der Waals surface area contributed by atoms with Gasteiger partial charge in [0.1, 0.15) is 12.1 Å². The molecule has 1 saturated carbocycles. The van der Waals surface area contributed by atoms with Gasteiger partial charge < -0.3 is 9.30 Å². The number of nitrogens with zero attached hydrogens (tertiary/aromatic N) is 5. The first-order valence-electron chi connectivity index (χ1n) is 10.5. The number of benzene rings is 1. The van der Waals surface area contributed by atoms with Crippen LogP contribution in [0.3, 0.4) is 0 Å². The van der Waals surface area contributed by atoms with Gasteiger partial charge in [0.15, 0.2) is 0 Å². The molecule has 7 nitrogen and oxygen atoms in total. The zero-order valence-electron chi connectivity index (χ0n) is 17.4. The SMILES string of the molecule is COc1cccc(-c2c3c(=O)n([C@@H]4CCC[C@@H](C)[C@H]4C)ccc3nc3ncnn23)c1. The summed E-state index contributed by atoms with van der Waals surface area (Å²) in [5, 5.41) is 4.93. The molecule has 0 aliphatic heterocycles. The second kappa shape index (κ2) is 7.23. The van der Waals surface area contributed by atoms with Crippen molar-refractivity contribution in [2.75, 3.05) is 7.11 Å². The van der Waals surface area contributed by atoms with Crippen LogP contribution in [-0.4, -0.2) is 31.3 Å². The van der Waals surface area contributed by atoms with Crippen molar-refractivity contribution in [3.05, 3.63) is 53.2 Å². The predicted molar refractivity (Wildman–Crippen MR) is 116 cm³/mol. The van der Waals surface area contributed by atoms with E-state index in [1.54, 1.807) is 11.6 Å². The van der Waals surface area contributed by atoms with Crippen molar-refractivity contribution in [3.63, 3.8) is 0 Å². The lowest BCUT2D eigenvalue weighted by Crippen LogP contribution is -2.33. The highest BCUT2D eigenvalue weighted by molar-refractivity contribution is 5.93. The number of rotatable bonds is 3. The van der Waals surface area contributed by atoms with Crippen LogP contribution in [-0.2, 0) is 0 Å². The molecule has 30 heavy (non-hydrogen) atoms. The van der Waals surface area contributed by atoms with Gasteiger partial charge in [-0.05, 0) is 36.5 Å². The highest BCUT2D eigenvalue weighted by Crippen LogP contribution is 2.37. The van der Waals surface area contributed by atoms with E-state index in [4.69, 9.17) is 4.74 Å². The Morgan fingerprint density at radius 2 is 2.03 bits per heavy atom. The van der Waals surface area contributed by atoms with Gasteiger partial charge in [0, 0.05) is 17.8 Å². The molecule has 1 aliphatic rings. The summed E-state index contributed by atoms with van der Waals surface area (Å²) in [7, 11) is 1.63. The van der Waals surface area contributed by atoms with Crippen LogP contribution in [0.1, 0.15) is 39.2 Å². The first-order chi connectivity index (χ1) is 14.6. The Balaban J connectivity index is 1.82. The maximum Gasteiger partial charge on any atom is 0.262 e. The Hall–Kier alpha value is -3.22. The minimum Gasteiger partial charge on any atom is -0.497 e. The summed E-state index contributed by atoms with van der Waals surface area (Å²) in [5.74, 6) is 2.23. The average Bonchev–Trinajstić information content (AvgIpc) is 3.23. The summed E-state index contributed by atoms with van der Waals surface area (Å²) in [6.45, 7) is 4.54. The topological polar surface area (TPSA) is 74.3 Å².